The molecule has 0 radical (unpaired) electrons. The van der Waals surface area contributed by atoms with E-state index in [1.165, 1.54) is 0 Å². The predicted octanol–water partition coefficient (Wildman–Crippen LogP) is 3.57. The van der Waals surface area contributed by atoms with Crippen molar-refractivity contribution in [1.29, 1.82) is 0 Å². The van der Waals surface area contributed by atoms with E-state index in [9.17, 15) is 4.79 Å². The maximum Gasteiger partial charge on any atom is 0.230 e. The molecule has 120 valence electrons. The number of aromatic nitrogens is 3. The Balaban J connectivity index is 1.99. The lowest BCUT2D eigenvalue weighted by molar-refractivity contribution is -0.115. The highest BCUT2D eigenvalue weighted by atomic mass is 32.1. The third-order valence-corrected chi connectivity index (χ3v) is 4.41. The summed E-state index contributed by atoms with van der Waals surface area (Å²) in [5.41, 5.74) is 1.45. The number of thiazole rings is 1. The monoisotopic (exact) mass is 320 g/mol. The van der Waals surface area contributed by atoms with Gasteiger partial charge < -0.3 is 5.32 Å². The number of anilines is 1. The van der Waals surface area contributed by atoms with Crippen LogP contribution >= 0.6 is 11.3 Å². The van der Waals surface area contributed by atoms with Gasteiger partial charge in [0.25, 0.3) is 0 Å². The molecule has 0 fully saturated rings. The van der Waals surface area contributed by atoms with Crippen LogP contribution in [0.4, 0.5) is 5.69 Å². The van der Waals surface area contributed by atoms with Gasteiger partial charge in [-0.3, -0.25) is 9.48 Å². The molecule has 0 unspecified atom stereocenters. The third kappa shape index (κ3) is 4.16. The van der Waals surface area contributed by atoms with Gasteiger partial charge in [-0.1, -0.05) is 20.8 Å². The van der Waals surface area contributed by atoms with Gasteiger partial charge >= 0.3 is 0 Å². The van der Waals surface area contributed by atoms with Crippen LogP contribution in [0.1, 0.15) is 52.2 Å². The van der Waals surface area contributed by atoms with Crippen LogP contribution in [0, 0.1) is 0 Å². The van der Waals surface area contributed by atoms with Crippen molar-refractivity contribution >= 4 is 22.9 Å². The number of hydrogen-bond acceptors (Lipinski definition) is 4. The van der Waals surface area contributed by atoms with Gasteiger partial charge in [0, 0.05) is 17.0 Å². The predicted molar refractivity (Wildman–Crippen MR) is 90.4 cm³/mol. The molecular formula is C16H24N4OS. The summed E-state index contributed by atoms with van der Waals surface area (Å²) >= 11 is 1.60. The molecule has 0 aliphatic carbocycles. The number of rotatable bonds is 3. The van der Waals surface area contributed by atoms with Gasteiger partial charge in [0.1, 0.15) is 0 Å². The molecule has 6 heteroatoms. The Morgan fingerprint density at radius 1 is 1.27 bits per heavy atom. The van der Waals surface area contributed by atoms with Crippen molar-refractivity contribution in [2.45, 2.75) is 58.9 Å². The third-order valence-electron chi connectivity index (χ3n) is 3.09. The number of carbonyl (C=O) groups is 1. The van der Waals surface area contributed by atoms with Crippen LogP contribution in [0.5, 0.6) is 0 Å². The molecule has 2 aromatic heterocycles. The Bertz CT molecular complexity index is 602. The van der Waals surface area contributed by atoms with Crippen LogP contribution in [-0.2, 0) is 22.2 Å². The van der Waals surface area contributed by atoms with E-state index >= 15 is 0 Å². The largest absolute Gasteiger partial charge is 0.323 e. The maximum atomic E-state index is 12.1. The summed E-state index contributed by atoms with van der Waals surface area (Å²) < 4.78 is 1.84. The molecule has 0 saturated carbocycles. The highest BCUT2D eigenvalue weighted by Crippen LogP contribution is 2.25. The lowest BCUT2D eigenvalue weighted by atomic mass is 9.98. The maximum absolute atomic E-state index is 12.1. The summed E-state index contributed by atoms with van der Waals surface area (Å²) in [6.07, 6.45) is 3.80. The Kier molecular flexibility index (Phi) is 4.42. The second-order valence-corrected chi connectivity index (χ2v) is 8.32. The second kappa shape index (κ2) is 5.83. The molecule has 2 aromatic rings. The number of carbonyl (C=O) groups excluding carboxylic acids is 1. The van der Waals surface area contributed by atoms with E-state index in [1.807, 2.05) is 16.3 Å². The highest BCUT2D eigenvalue weighted by molar-refractivity contribution is 7.09. The molecule has 0 saturated heterocycles. The number of nitrogens with one attached hydrogen (secondary N) is 1. The average Bonchev–Trinajstić information content (AvgIpc) is 2.96. The number of amides is 1. The van der Waals surface area contributed by atoms with Gasteiger partial charge in [0.2, 0.25) is 5.91 Å². The van der Waals surface area contributed by atoms with Crippen molar-refractivity contribution in [3.8, 4) is 0 Å². The summed E-state index contributed by atoms with van der Waals surface area (Å²) in [7, 11) is 0. The van der Waals surface area contributed by atoms with E-state index in [2.05, 4.69) is 56.9 Å². The van der Waals surface area contributed by atoms with E-state index in [0.717, 1.165) is 10.7 Å². The van der Waals surface area contributed by atoms with Gasteiger partial charge in [0.15, 0.2) is 0 Å². The first-order chi connectivity index (χ1) is 10.1. The standard InChI is InChI=1S/C16H24N4OS/c1-15(2,3)14-19-11(10-22-14)7-13(21)18-12-8-17-20(9-12)16(4,5)6/h8-10H,7H2,1-6H3,(H,18,21). The van der Waals surface area contributed by atoms with Gasteiger partial charge in [-0.25, -0.2) is 4.98 Å². The molecule has 5 nitrogen and oxygen atoms in total. The first kappa shape index (κ1) is 16.7. The summed E-state index contributed by atoms with van der Waals surface area (Å²) in [5, 5.41) is 10.2. The van der Waals surface area contributed by atoms with E-state index in [-0.39, 0.29) is 23.3 Å². The smallest absolute Gasteiger partial charge is 0.230 e. The number of hydrogen-bond donors (Lipinski definition) is 1. The topological polar surface area (TPSA) is 59.8 Å². The van der Waals surface area contributed by atoms with Crippen LogP contribution in [0.3, 0.4) is 0 Å². The minimum atomic E-state index is -0.0977. The molecule has 0 aliphatic heterocycles. The van der Waals surface area contributed by atoms with Gasteiger partial charge in [-0.05, 0) is 20.8 Å². The Morgan fingerprint density at radius 3 is 2.45 bits per heavy atom. The van der Waals surface area contributed by atoms with Crippen molar-refractivity contribution in [3.63, 3.8) is 0 Å². The summed E-state index contributed by atoms with van der Waals surface area (Å²) in [6, 6.07) is 0. The quantitative estimate of drug-likeness (QED) is 0.940. The SMILES string of the molecule is CC(C)(C)c1nc(CC(=O)Nc2cnn(C(C)(C)C)c2)cs1. The lowest BCUT2D eigenvalue weighted by Gasteiger charge is -2.18. The van der Waals surface area contributed by atoms with Crippen molar-refractivity contribution in [2.24, 2.45) is 0 Å². The second-order valence-electron chi connectivity index (χ2n) is 7.46. The fourth-order valence-corrected chi connectivity index (χ4v) is 2.76. The molecular weight excluding hydrogens is 296 g/mol. The lowest BCUT2D eigenvalue weighted by Crippen LogP contribution is -2.22. The minimum absolute atomic E-state index is 0.0211. The van der Waals surface area contributed by atoms with E-state index in [4.69, 9.17) is 0 Å². The first-order valence-corrected chi connectivity index (χ1v) is 8.23. The van der Waals surface area contributed by atoms with E-state index in [1.54, 1.807) is 17.5 Å². The molecule has 0 spiro atoms. The van der Waals surface area contributed by atoms with Crippen molar-refractivity contribution in [2.75, 3.05) is 5.32 Å². The Labute approximate surface area is 135 Å². The van der Waals surface area contributed by atoms with Crippen LogP contribution in [0.25, 0.3) is 0 Å². The number of nitrogens with zero attached hydrogens (tertiary/aromatic N) is 3. The zero-order valence-corrected chi connectivity index (χ0v) is 14.9. The molecule has 2 heterocycles. The average molecular weight is 320 g/mol. The van der Waals surface area contributed by atoms with Crippen LogP contribution in [0.15, 0.2) is 17.8 Å². The minimum Gasteiger partial charge on any atom is -0.323 e. The van der Waals surface area contributed by atoms with Gasteiger partial charge in [-0.2, -0.15) is 5.10 Å². The molecule has 0 bridgehead atoms. The van der Waals surface area contributed by atoms with Crippen molar-refractivity contribution in [1.82, 2.24) is 14.8 Å². The summed E-state index contributed by atoms with van der Waals surface area (Å²) in [6.45, 7) is 12.6. The van der Waals surface area contributed by atoms with Gasteiger partial charge in [0.05, 0.1) is 34.5 Å². The fraction of sp³-hybridized carbons (Fsp3) is 0.562. The molecule has 0 atom stereocenters. The van der Waals surface area contributed by atoms with Crippen LogP contribution < -0.4 is 5.32 Å². The van der Waals surface area contributed by atoms with E-state index in [0.29, 0.717) is 5.69 Å². The van der Waals surface area contributed by atoms with Gasteiger partial charge in [-0.15, -0.1) is 11.3 Å². The Hall–Kier alpha value is -1.69. The molecule has 0 aliphatic rings. The molecule has 0 aromatic carbocycles. The molecule has 1 amide bonds. The molecule has 2 rings (SSSR count). The summed E-state index contributed by atoms with van der Waals surface area (Å²) in [5.74, 6) is -0.0702. The molecule has 1 N–H and O–H groups in total. The summed E-state index contributed by atoms with van der Waals surface area (Å²) in [4.78, 5) is 16.7. The first-order valence-electron chi connectivity index (χ1n) is 7.35. The zero-order chi connectivity index (χ0) is 16.5. The van der Waals surface area contributed by atoms with Crippen molar-refractivity contribution in [3.05, 3.63) is 28.5 Å². The Morgan fingerprint density at radius 2 is 1.95 bits per heavy atom. The zero-order valence-electron chi connectivity index (χ0n) is 14.1. The van der Waals surface area contributed by atoms with Crippen LogP contribution in [0.2, 0.25) is 0 Å². The van der Waals surface area contributed by atoms with Crippen molar-refractivity contribution < 1.29 is 4.79 Å². The highest BCUT2D eigenvalue weighted by Gasteiger charge is 2.19. The van der Waals surface area contributed by atoms with Crippen LogP contribution in [-0.4, -0.2) is 20.7 Å². The van der Waals surface area contributed by atoms with E-state index < -0.39 is 0 Å². The normalized spacial score (nSPS) is 12.5. The molecule has 22 heavy (non-hydrogen) atoms. The fourth-order valence-electron chi connectivity index (χ4n) is 1.86.